The monoisotopic (exact) mass is 351 g/mol. The van der Waals surface area contributed by atoms with Crippen LogP contribution in [-0.2, 0) is 4.79 Å². The summed E-state index contributed by atoms with van der Waals surface area (Å²) < 4.78 is 0. The molecule has 0 spiro atoms. The fraction of sp³-hybridized carbons (Fsp3) is 0.458. The summed E-state index contributed by atoms with van der Waals surface area (Å²) >= 11 is 0. The van der Waals surface area contributed by atoms with Crippen molar-refractivity contribution < 1.29 is 4.79 Å². The molecule has 0 atom stereocenters. The SMILES string of the molecule is O=C(NC1=C/C=C\C=C/C=C\C=C/C=C\1)C1CCCCCCCCCC1. The fourth-order valence-corrected chi connectivity index (χ4v) is 3.40. The Morgan fingerprint density at radius 2 is 1.12 bits per heavy atom. The summed E-state index contributed by atoms with van der Waals surface area (Å²) in [5, 5.41) is 3.15. The van der Waals surface area contributed by atoms with Crippen LogP contribution in [0.4, 0.5) is 0 Å². The molecule has 0 aromatic rings. The number of hydrogen-bond acceptors (Lipinski definition) is 1. The molecule has 2 nitrogen and oxygen atoms in total. The summed E-state index contributed by atoms with van der Waals surface area (Å²) in [4.78, 5) is 12.8. The van der Waals surface area contributed by atoms with Crippen molar-refractivity contribution in [2.24, 2.45) is 5.92 Å². The lowest BCUT2D eigenvalue weighted by Crippen LogP contribution is -2.29. The number of allylic oxidation sites excluding steroid dienone is 11. The van der Waals surface area contributed by atoms with Gasteiger partial charge in [0, 0.05) is 11.6 Å². The van der Waals surface area contributed by atoms with Crippen molar-refractivity contribution in [1.82, 2.24) is 5.32 Å². The van der Waals surface area contributed by atoms with Gasteiger partial charge >= 0.3 is 0 Å². The Labute approximate surface area is 159 Å². The Kier molecular flexibility index (Phi) is 10.2. The van der Waals surface area contributed by atoms with Crippen molar-refractivity contribution in [3.05, 3.63) is 72.5 Å². The molecule has 2 aliphatic carbocycles. The largest absolute Gasteiger partial charge is 0.326 e. The van der Waals surface area contributed by atoms with Gasteiger partial charge < -0.3 is 5.32 Å². The molecule has 140 valence electrons. The third-order valence-electron chi connectivity index (χ3n) is 4.93. The highest BCUT2D eigenvalue weighted by Gasteiger charge is 2.18. The Morgan fingerprint density at radius 3 is 1.69 bits per heavy atom. The Hall–Kier alpha value is -2.09. The summed E-state index contributed by atoms with van der Waals surface area (Å²) in [6.07, 6.45) is 34.0. The molecule has 0 aliphatic heterocycles. The van der Waals surface area contributed by atoms with Crippen LogP contribution in [0.25, 0.3) is 0 Å². The molecule has 2 aliphatic rings. The highest BCUT2D eigenvalue weighted by molar-refractivity contribution is 5.80. The highest BCUT2D eigenvalue weighted by Crippen LogP contribution is 2.21. The van der Waals surface area contributed by atoms with E-state index in [9.17, 15) is 4.79 Å². The van der Waals surface area contributed by atoms with Gasteiger partial charge in [-0.1, -0.05) is 106 Å². The minimum atomic E-state index is 0.145. The molecule has 1 saturated carbocycles. The third kappa shape index (κ3) is 8.84. The van der Waals surface area contributed by atoms with E-state index in [1.165, 1.54) is 51.4 Å². The van der Waals surface area contributed by atoms with Crippen molar-refractivity contribution in [1.29, 1.82) is 0 Å². The van der Waals surface area contributed by atoms with E-state index < -0.39 is 0 Å². The van der Waals surface area contributed by atoms with Gasteiger partial charge in [0.1, 0.15) is 0 Å². The lowest BCUT2D eigenvalue weighted by atomic mass is 9.94. The molecule has 26 heavy (non-hydrogen) atoms. The number of rotatable bonds is 2. The Balaban J connectivity index is 1.98. The lowest BCUT2D eigenvalue weighted by Gasteiger charge is -2.17. The first-order valence-corrected chi connectivity index (χ1v) is 10.2. The molecule has 0 aromatic carbocycles. The second kappa shape index (κ2) is 13.2. The van der Waals surface area contributed by atoms with E-state index in [4.69, 9.17) is 0 Å². The molecule has 1 amide bonds. The first-order chi connectivity index (χ1) is 12.9. The van der Waals surface area contributed by atoms with Crippen molar-refractivity contribution >= 4 is 5.91 Å². The number of carbonyl (C=O) groups excluding carboxylic acids is 1. The second-order valence-corrected chi connectivity index (χ2v) is 7.11. The van der Waals surface area contributed by atoms with Crippen LogP contribution in [0.3, 0.4) is 0 Å². The summed E-state index contributed by atoms with van der Waals surface area (Å²) in [6, 6.07) is 0. The standard InChI is InChI=1S/C24H33NO/c26-24(22-18-14-10-6-4-5-7-11-15-19-22)25-23-20-16-12-8-2-1-3-9-13-17-21-23/h1-3,8-9,12-13,16-17,20-22H,4-7,10-11,14-15,18-19H2,(H,25,26)/b2-1-,3-1?,8-2?,9-3-,12-8-,13-9?,16-12?,17-13-,20-16-,21-17?,23-20?,23-21+. The maximum Gasteiger partial charge on any atom is 0.227 e. The smallest absolute Gasteiger partial charge is 0.227 e. The number of amides is 1. The topological polar surface area (TPSA) is 29.1 Å². The van der Waals surface area contributed by atoms with Crippen LogP contribution in [-0.4, -0.2) is 5.91 Å². The van der Waals surface area contributed by atoms with Crippen molar-refractivity contribution in [2.75, 3.05) is 0 Å². The molecule has 1 fully saturated rings. The van der Waals surface area contributed by atoms with Crippen molar-refractivity contribution in [3.63, 3.8) is 0 Å². The van der Waals surface area contributed by atoms with Crippen LogP contribution in [0.2, 0.25) is 0 Å². The summed E-state index contributed by atoms with van der Waals surface area (Å²) in [5.74, 6) is 0.325. The predicted octanol–water partition coefficient (Wildman–Crippen LogP) is 6.31. The van der Waals surface area contributed by atoms with Crippen LogP contribution in [0, 0.1) is 5.92 Å². The maximum atomic E-state index is 12.8. The molecular formula is C24H33NO. The van der Waals surface area contributed by atoms with Crippen molar-refractivity contribution in [2.45, 2.75) is 64.2 Å². The molecule has 2 rings (SSSR count). The van der Waals surface area contributed by atoms with Gasteiger partial charge in [-0.25, -0.2) is 0 Å². The van der Waals surface area contributed by atoms with E-state index >= 15 is 0 Å². The van der Waals surface area contributed by atoms with E-state index in [0.717, 1.165) is 18.5 Å². The predicted molar refractivity (Wildman–Crippen MR) is 112 cm³/mol. The normalized spacial score (nSPS) is 28.7. The average Bonchev–Trinajstić information content (AvgIpc) is 2.69. The third-order valence-corrected chi connectivity index (χ3v) is 4.93. The average molecular weight is 352 g/mol. The molecule has 1 N–H and O–H groups in total. The summed E-state index contributed by atoms with van der Waals surface area (Å²) in [7, 11) is 0. The zero-order valence-corrected chi connectivity index (χ0v) is 15.9. The van der Waals surface area contributed by atoms with Gasteiger partial charge in [0.25, 0.3) is 0 Å². The first kappa shape index (κ1) is 20.2. The van der Waals surface area contributed by atoms with Crippen LogP contribution < -0.4 is 5.32 Å². The quantitative estimate of drug-likeness (QED) is 0.620. The zero-order chi connectivity index (χ0) is 18.3. The molecule has 0 heterocycles. The summed E-state index contributed by atoms with van der Waals surface area (Å²) in [5.41, 5.74) is 0.850. The second-order valence-electron chi connectivity index (χ2n) is 7.11. The van der Waals surface area contributed by atoms with Gasteiger partial charge in [0.2, 0.25) is 5.91 Å². The van der Waals surface area contributed by atoms with Crippen LogP contribution >= 0.6 is 0 Å². The maximum absolute atomic E-state index is 12.8. The van der Waals surface area contributed by atoms with Gasteiger partial charge in [-0.2, -0.15) is 0 Å². The fourth-order valence-electron chi connectivity index (χ4n) is 3.40. The molecule has 0 saturated heterocycles. The van der Waals surface area contributed by atoms with E-state index in [2.05, 4.69) is 5.32 Å². The molecule has 0 aromatic heterocycles. The van der Waals surface area contributed by atoms with Crippen molar-refractivity contribution in [3.8, 4) is 0 Å². The molecular weight excluding hydrogens is 318 g/mol. The van der Waals surface area contributed by atoms with Crippen LogP contribution in [0.1, 0.15) is 64.2 Å². The zero-order valence-electron chi connectivity index (χ0n) is 15.9. The van der Waals surface area contributed by atoms with Crippen LogP contribution in [0.15, 0.2) is 72.5 Å². The molecule has 0 bridgehead atoms. The van der Waals surface area contributed by atoms with E-state index in [1.807, 2.05) is 66.8 Å². The van der Waals surface area contributed by atoms with E-state index in [0.29, 0.717) is 0 Å². The molecule has 0 unspecified atom stereocenters. The number of carbonyl (C=O) groups is 1. The minimum Gasteiger partial charge on any atom is -0.326 e. The lowest BCUT2D eigenvalue weighted by molar-refractivity contribution is -0.124. The Morgan fingerprint density at radius 1 is 0.654 bits per heavy atom. The Bertz CT molecular complexity index is 577. The van der Waals surface area contributed by atoms with Gasteiger partial charge in [0.15, 0.2) is 0 Å². The number of nitrogens with one attached hydrogen (secondary N) is 1. The van der Waals surface area contributed by atoms with Gasteiger partial charge in [-0.05, 0) is 25.0 Å². The summed E-state index contributed by atoms with van der Waals surface area (Å²) in [6.45, 7) is 0. The van der Waals surface area contributed by atoms with E-state index in [1.54, 1.807) is 0 Å². The first-order valence-electron chi connectivity index (χ1n) is 10.2. The number of hydrogen-bond donors (Lipinski definition) is 1. The van der Waals surface area contributed by atoms with E-state index in [-0.39, 0.29) is 11.8 Å². The van der Waals surface area contributed by atoms with Gasteiger partial charge in [-0.3, -0.25) is 4.79 Å². The minimum absolute atomic E-state index is 0.145. The highest BCUT2D eigenvalue weighted by atomic mass is 16.1. The van der Waals surface area contributed by atoms with Gasteiger partial charge in [0.05, 0.1) is 0 Å². The molecule has 0 radical (unpaired) electrons. The van der Waals surface area contributed by atoms with Crippen LogP contribution in [0.5, 0.6) is 0 Å². The molecule has 2 heteroatoms. The van der Waals surface area contributed by atoms with Gasteiger partial charge in [-0.15, -0.1) is 0 Å².